The number of ether oxygens (including phenoxy) is 1. The summed E-state index contributed by atoms with van der Waals surface area (Å²) in [6.07, 6.45) is 1.90. The van der Waals surface area contributed by atoms with Crippen LogP contribution >= 0.6 is 15.9 Å². The van der Waals surface area contributed by atoms with E-state index in [-0.39, 0.29) is 11.9 Å². The van der Waals surface area contributed by atoms with Crippen LogP contribution in [0.15, 0.2) is 28.7 Å². The van der Waals surface area contributed by atoms with E-state index < -0.39 is 0 Å². The van der Waals surface area contributed by atoms with Gasteiger partial charge in [-0.2, -0.15) is 0 Å². The zero-order valence-corrected chi connectivity index (χ0v) is 11.7. The van der Waals surface area contributed by atoms with E-state index >= 15 is 0 Å². The van der Waals surface area contributed by atoms with Gasteiger partial charge in [-0.1, -0.05) is 15.9 Å². The van der Waals surface area contributed by atoms with Gasteiger partial charge in [0.1, 0.15) is 12.4 Å². The highest BCUT2D eigenvalue weighted by atomic mass is 79.9. The Labute approximate surface area is 115 Å². The summed E-state index contributed by atoms with van der Waals surface area (Å²) < 4.78 is 6.67. The normalized spacial score (nSPS) is 19.9. The number of nitrogens with two attached hydrogens (primary N) is 1. The van der Waals surface area contributed by atoms with Crippen molar-refractivity contribution in [2.24, 2.45) is 5.73 Å². The molecule has 1 aromatic carbocycles. The summed E-state index contributed by atoms with van der Waals surface area (Å²) in [7, 11) is 0. The van der Waals surface area contributed by atoms with Gasteiger partial charge < -0.3 is 10.5 Å². The van der Waals surface area contributed by atoms with Crippen LogP contribution in [0.4, 0.5) is 0 Å². The molecule has 1 heterocycles. The summed E-state index contributed by atoms with van der Waals surface area (Å²) in [4.78, 5) is 13.3. The molecule has 0 aromatic heterocycles. The van der Waals surface area contributed by atoms with Crippen LogP contribution in [0.5, 0.6) is 5.75 Å². The molecule has 2 N–H and O–H groups in total. The largest absolute Gasteiger partial charge is 0.492 e. The molecular weight excluding hydrogens is 296 g/mol. The molecule has 0 radical (unpaired) electrons. The van der Waals surface area contributed by atoms with Crippen molar-refractivity contribution >= 4 is 21.8 Å². The van der Waals surface area contributed by atoms with Crippen molar-refractivity contribution < 1.29 is 9.53 Å². The number of carbonyl (C=O) groups excluding carboxylic acids is 1. The smallest absolute Gasteiger partial charge is 0.234 e. The maximum absolute atomic E-state index is 11.2. The van der Waals surface area contributed by atoms with E-state index in [2.05, 4.69) is 20.8 Å². The number of rotatable bonds is 5. The molecule has 4 nitrogen and oxygen atoms in total. The lowest BCUT2D eigenvalue weighted by Gasteiger charge is -2.21. The van der Waals surface area contributed by atoms with Crippen molar-refractivity contribution in [2.45, 2.75) is 18.9 Å². The van der Waals surface area contributed by atoms with Crippen LogP contribution in [-0.2, 0) is 4.79 Å². The Balaban J connectivity index is 1.78. The molecule has 0 saturated carbocycles. The number of hydrogen-bond donors (Lipinski definition) is 1. The standard InChI is InChI=1S/C13H17BrN2O2/c14-10-3-5-11(6-4-10)18-9-8-16-7-1-2-12(16)13(15)17/h3-6,12H,1-2,7-9H2,(H2,15,17). The van der Waals surface area contributed by atoms with Crippen molar-refractivity contribution in [3.8, 4) is 5.75 Å². The van der Waals surface area contributed by atoms with E-state index in [1.54, 1.807) is 0 Å². The van der Waals surface area contributed by atoms with E-state index in [0.717, 1.165) is 36.2 Å². The molecule has 1 amide bonds. The molecule has 18 heavy (non-hydrogen) atoms. The van der Waals surface area contributed by atoms with E-state index in [9.17, 15) is 4.79 Å². The molecular formula is C13H17BrN2O2. The Kier molecular flexibility index (Phi) is 4.60. The fourth-order valence-corrected chi connectivity index (χ4v) is 2.49. The molecule has 1 unspecified atom stereocenters. The first-order chi connectivity index (χ1) is 8.66. The van der Waals surface area contributed by atoms with Crippen molar-refractivity contribution in [3.05, 3.63) is 28.7 Å². The zero-order chi connectivity index (χ0) is 13.0. The highest BCUT2D eigenvalue weighted by Crippen LogP contribution is 2.18. The molecule has 0 bridgehead atoms. The highest BCUT2D eigenvalue weighted by molar-refractivity contribution is 9.10. The first-order valence-corrected chi connectivity index (χ1v) is 6.88. The van der Waals surface area contributed by atoms with Crippen molar-refractivity contribution in [1.82, 2.24) is 4.90 Å². The Hall–Kier alpha value is -1.07. The molecule has 0 spiro atoms. The molecule has 1 aliphatic heterocycles. The topological polar surface area (TPSA) is 55.6 Å². The van der Waals surface area contributed by atoms with Gasteiger partial charge in [-0.25, -0.2) is 0 Å². The van der Waals surface area contributed by atoms with Crippen LogP contribution in [0.3, 0.4) is 0 Å². The Morgan fingerprint density at radius 1 is 1.44 bits per heavy atom. The third kappa shape index (κ3) is 3.46. The third-order valence-electron chi connectivity index (χ3n) is 3.15. The Bertz CT molecular complexity index is 408. The number of halogens is 1. The number of nitrogens with zero attached hydrogens (tertiary/aromatic N) is 1. The van der Waals surface area contributed by atoms with Gasteiger partial charge in [-0.3, -0.25) is 9.69 Å². The second-order valence-electron chi connectivity index (χ2n) is 4.40. The minimum atomic E-state index is -0.226. The number of carbonyl (C=O) groups is 1. The highest BCUT2D eigenvalue weighted by Gasteiger charge is 2.28. The van der Waals surface area contributed by atoms with E-state index in [1.165, 1.54) is 0 Å². The van der Waals surface area contributed by atoms with Crippen LogP contribution in [0.2, 0.25) is 0 Å². The summed E-state index contributed by atoms with van der Waals surface area (Å²) in [5.74, 6) is 0.615. The third-order valence-corrected chi connectivity index (χ3v) is 3.68. The molecule has 1 fully saturated rings. The first-order valence-electron chi connectivity index (χ1n) is 6.08. The van der Waals surface area contributed by atoms with Gasteiger partial charge in [0.15, 0.2) is 0 Å². The van der Waals surface area contributed by atoms with Gasteiger partial charge in [0.05, 0.1) is 6.04 Å². The average Bonchev–Trinajstić information content (AvgIpc) is 2.80. The molecule has 1 aliphatic rings. The molecule has 5 heteroatoms. The summed E-state index contributed by atoms with van der Waals surface area (Å²) in [5, 5.41) is 0. The van der Waals surface area contributed by atoms with Gasteiger partial charge in [0.2, 0.25) is 5.91 Å². The minimum Gasteiger partial charge on any atom is -0.492 e. The molecule has 1 saturated heterocycles. The Morgan fingerprint density at radius 3 is 2.83 bits per heavy atom. The summed E-state index contributed by atoms with van der Waals surface area (Å²) in [6.45, 7) is 2.24. The lowest BCUT2D eigenvalue weighted by atomic mass is 10.2. The number of primary amides is 1. The minimum absolute atomic E-state index is 0.112. The second kappa shape index (κ2) is 6.20. The van der Waals surface area contributed by atoms with Crippen LogP contribution in [0.25, 0.3) is 0 Å². The van der Waals surface area contributed by atoms with E-state index in [4.69, 9.17) is 10.5 Å². The van der Waals surface area contributed by atoms with Crippen LogP contribution in [0, 0.1) is 0 Å². The zero-order valence-electron chi connectivity index (χ0n) is 10.1. The second-order valence-corrected chi connectivity index (χ2v) is 5.31. The predicted octanol–water partition coefficient (Wildman–Crippen LogP) is 1.78. The monoisotopic (exact) mass is 312 g/mol. The number of likely N-dealkylation sites (tertiary alicyclic amines) is 1. The number of hydrogen-bond acceptors (Lipinski definition) is 3. The summed E-state index contributed by atoms with van der Waals surface area (Å²) >= 11 is 3.38. The van der Waals surface area contributed by atoms with Gasteiger partial charge in [-0.05, 0) is 43.7 Å². The molecule has 1 aromatic rings. The number of benzene rings is 1. The first kappa shape index (κ1) is 13.4. The quantitative estimate of drug-likeness (QED) is 0.901. The molecule has 98 valence electrons. The van der Waals surface area contributed by atoms with Crippen LogP contribution in [0.1, 0.15) is 12.8 Å². The van der Waals surface area contributed by atoms with E-state index in [0.29, 0.717) is 6.61 Å². The predicted molar refractivity (Wildman–Crippen MR) is 73.4 cm³/mol. The summed E-state index contributed by atoms with van der Waals surface area (Å²) in [5.41, 5.74) is 5.36. The van der Waals surface area contributed by atoms with Gasteiger partial charge in [0, 0.05) is 11.0 Å². The van der Waals surface area contributed by atoms with E-state index in [1.807, 2.05) is 24.3 Å². The lowest BCUT2D eigenvalue weighted by Crippen LogP contribution is -2.42. The van der Waals surface area contributed by atoms with Crippen LogP contribution < -0.4 is 10.5 Å². The van der Waals surface area contributed by atoms with Gasteiger partial charge in [-0.15, -0.1) is 0 Å². The Morgan fingerprint density at radius 2 is 2.17 bits per heavy atom. The van der Waals surface area contributed by atoms with Gasteiger partial charge >= 0.3 is 0 Å². The fourth-order valence-electron chi connectivity index (χ4n) is 2.23. The average molecular weight is 313 g/mol. The fraction of sp³-hybridized carbons (Fsp3) is 0.462. The van der Waals surface area contributed by atoms with Crippen molar-refractivity contribution in [3.63, 3.8) is 0 Å². The molecule has 1 atom stereocenters. The summed E-state index contributed by atoms with van der Waals surface area (Å²) in [6, 6.07) is 7.60. The van der Waals surface area contributed by atoms with Crippen molar-refractivity contribution in [1.29, 1.82) is 0 Å². The SMILES string of the molecule is NC(=O)C1CCCN1CCOc1ccc(Br)cc1. The maximum Gasteiger partial charge on any atom is 0.234 e. The maximum atomic E-state index is 11.2. The molecule has 2 rings (SSSR count). The number of amides is 1. The molecule has 0 aliphatic carbocycles. The van der Waals surface area contributed by atoms with Crippen LogP contribution in [-0.4, -0.2) is 36.5 Å². The van der Waals surface area contributed by atoms with Crippen molar-refractivity contribution in [2.75, 3.05) is 19.7 Å². The lowest BCUT2D eigenvalue weighted by molar-refractivity contribution is -0.122. The van der Waals surface area contributed by atoms with Gasteiger partial charge in [0.25, 0.3) is 0 Å².